The summed E-state index contributed by atoms with van der Waals surface area (Å²) in [6.07, 6.45) is 13.9. The summed E-state index contributed by atoms with van der Waals surface area (Å²) in [4.78, 5) is 0. The second-order valence-corrected chi connectivity index (χ2v) is 11.5. The van der Waals surface area contributed by atoms with Crippen molar-refractivity contribution in [2.24, 2.45) is 34.5 Å². The molecule has 7 atom stereocenters. The lowest BCUT2D eigenvalue weighted by Crippen LogP contribution is -2.52. The summed E-state index contributed by atoms with van der Waals surface area (Å²) in [7, 11) is 0. The first kappa shape index (κ1) is 22.2. The molecule has 0 amide bonds. The zero-order chi connectivity index (χ0) is 21.5. The summed E-state index contributed by atoms with van der Waals surface area (Å²) >= 11 is 6.02. The van der Waals surface area contributed by atoms with Gasteiger partial charge in [-0.25, -0.2) is 0 Å². The van der Waals surface area contributed by atoms with Crippen LogP contribution in [-0.2, 0) is 0 Å². The van der Waals surface area contributed by atoms with Crippen LogP contribution in [0.4, 0.5) is 0 Å². The van der Waals surface area contributed by atoms with Crippen molar-refractivity contribution in [3.05, 3.63) is 53.1 Å². The summed E-state index contributed by atoms with van der Waals surface area (Å²) in [5.74, 6) is 2.25. The average molecular weight is 427 g/mol. The average Bonchev–Trinajstić information content (AvgIpc) is 3.02. The Bertz CT molecular complexity index is 795. The third-order valence-corrected chi connectivity index (χ3v) is 9.68. The van der Waals surface area contributed by atoms with E-state index in [0.717, 1.165) is 36.6 Å². The highest BCUT2D eigenvalue weighted by atomic mass is 35.5. The Labute approximate surface area is 188 Å². The molecule has 0 radical (unpaired) electrons. The second kappa shape index (κ2) is 8.47. The maximum Gasteiger partial charge on any atom is 0.0610 e. The van der Waals surface area contributed by atoms with Crippen LogP contribution in [0.15, 0.2) is 42.5 Å². The zero-order valence-electron chi connectivity index (χ0n) is 19.0. The molecule has 1 N–H and O–H groups in total. The van der Waals surface area contributed by atoms with Crippen molar-refractivity contribution in [2.45, 2.75) is 78.2 Å². The van der Waals surface area contributed by atoms with Crippen LogP contribution in [0.1, 0.15) is 77.7 Å². The summed E-state index contributed by atoms with van der Waals surface area (Å²) in [6, 6.07) is 8.08. The highest BCUT2D eigenvalue weighted by Crippen LogP contribution is 2.61. The molecular formula is C28H39ClO. The first-order valence-corrected chi connectivity index (χ1v) is 12.4. The summed E-state index contributed by atoms with van der Waals surface area (Å²) in [5, 5.41) is 12.4. The van der Waals surface area contributed by atoms with Gasteiger partial charge in [-0.2, -0.15) is 0 Å². The third kappa shape index (κ3) is 3.93. The third-order valence-electron chi connectivity index (χ3n) is 9.43. The largest absolute Gasteiger partial charge is 0.392 e. The Morgan fingerprint density at radius 3 is 2.57 bits per heavy atom. The van der Waals surface area contributed by atoms with Crippen LogP contribution in [0, 0.1) is 34.5 Å². The lowest BCUT2D eigenvalue weighted by molar-refractivity contribution is -0.110. The molecule has 0 aromatic heterocycles. The molecule has 3 aliphatic rings. The van der Waals surface area contributed by atoms with E-state index in [2.05, 4.69) is 51.6 Å². The van der Waals surface area contributed by atoms with E-state index in [1.54, 1.807) is 0 Å². The van der Waals surface area contributed by atoms with Gasteiger partial charge in [0.25, 0.3) is 0 Å². The Balaban J connectivity index is 1.52. The molecule has 0 saturated heterocycles. The molecule has 3 fully saturated rings. The normalized spacial score (nSPS) is 41.9. The molecule has 30 heavy (non-hydrogen) atoms. The number of benzene rings is 1. The van der Waals surface area contributed by atoms with E-state index in [4.69, 9.17) is 11.6 Å². The minimum absolute atomic E-state index is 0.165. The Hall–Kier alpha value is -1.05. The quantitative estimate of drug-likeness (QED) is 0.484. The Morgan fingerprint density at radius 2 is 1.83 bits per heavy atom. The van der Waals surface area contributed by atoms with E-state index in [-0.39, 0.29) is 16.9 Å². The maximum absolute atomic E-state index is 11.6. The van der Waals surface area contributed by atoms with Gasteiger partial charge in [-0.1, -0.05) is 75.2 Å². The molecule has 164 valence electrons. The molecule has 1 aromatic rings. The van der Waals surface area contributed by atoms with Gasteiger partial charge in [0.1, 0.15) is 0 Å². The van der Waals surface area contributed by atoms with Gasteiger partial charge in [-0.3, -0.25) is 0 Å². The summed E-state index contributed by atoms with van der Waals surface area (Å²) in [5.41, 5.74) is 2.98. The summed E-state index contributed by atoms with van der Waals surface area (Å²) < 4.78 is 0. The Kier molecular flexibility index (Phi) is 6.26. The number of rotatable bonds is 4. The molecule has 4 rings (SSSR count). The van der Waals surface area contributed by atoms with Crippen molar-refractivity contribution in [1.82, 2.24) is 0 Å². The van der Waals surface area contributed by atoms with Gasteiger partial charge in [0.2, 0.25) is 0 Å². The van der Waals surface area contributed by atoms with Gasteiger partial charge in [-0.15, -0.1) is 0 Å². The van der Waals surface area contributed by atoms with E-state index < -0.39 is 0 Å². The van der Waals surface area contributed by atoms with Crippen LogP contribution in [0.5, 0.6) is 0 Å². The van der Waals surface area contributed by atoms with Crippen molar-refractivity contribution in [3.8, 4) is 0 Å². The number of fused-ring (bicyclic) bond motifs is 1. The van der Waals surface area contributed by atoms with Gasteiger partial charge in [0.05, 0.1) is 6.10 Å². The second-order valence-electron chi connectivity index (χ2n) is 11.1. The highest BCUT2D eigenvalue weighted by molar-refractivity contribution is 6.30. The van der Waals surface area contributed by atoms with Gasteiger partial charge in [0.15, 0.2) is 0 Å². The molecule has 1 nitrogen and oxygen atoms in total. The maximum atomic E-state index is 11.6. The molecule has 0 aliphatic heterocycles. The van der Waals surface area contributed by atoms with Crippen LogP contribution in [0.2, 0.25) is 5.02 Å². The van der Waals surface area contributed by atoms with E-state index in [1.807, 2.05) is 12.1 Å². The van der Waals surface area contributed by atoms with Gasteiger partial charge < -0.3 is 5.11 Å². The molecule has 3 unspecified atom stereocenters. The Morgan fingerprint density at radius 1 is 1.10 bits per heavy atom. The number of allylic oxidation sites excluding steroid dienone is 2. The van der Waals surface area contributed by atoms with E-state index >= 15 is 0 Å². The first-order valence-electron chi connectivity index (χ1n) is 12.0. The molecule has 3 saturated carbocycles. The fourth-order valence-electron chi connectivity index (χ4n) is 7.16. The van der Waals surface area contributed by atoms with Crippen LogP contribution < -0.4 is 0 Å². The predicted octanol–water partition coefficient (Wildman–Crippen LogP) is 7.93. The van der Waals surface area contributed by atoms with Crippen molar-refractivity contribution in [3.63, 3.8) is 0 Å². The van der Waals surface area contributed by atoms with Crippen molar-refractivity contribution in [1.29, 1.82) is 0 Å². The van der Waals surface area contributed by atoms with Gasteiger partial charge in [0, 0.05) is 5.02 Å². The van der Waals surface area contributed by atoms with Crippen LogP contribution in [-0.4, -0.2) is 11.2 Å². The lowest BCUT2D eigenvalue weighted by Gasteiger charge is -2.55. The molecule has 0 bridgehead atoms. The lowest BCUT2D eigenvalue weighted by atomic mass is 9.51. The SMILES string of the molecule is C=C1CCC2C(O)C([C@@]3(C)CC[C@H](C)C[C@@H]3C/C=C\c3ccc(Cl)cc3)CC[C@]12C. The zero-order valence-corrected chi connectivity index (χ0v) is 19.8. The minimum Gasteiger partial charge on any atom is -0.392 e. The fraction of sp³-hybridized carbons (Fsp3) is 0.643. The minimum atomic E-state index is -0.177. The molecular weight excluding hydrogens is 388 g/mol. The number of hydrogen-bond donors (Lipinski definition) is 1. The fourth-order valence-corrected chi connectivity index (χ4v) is 7.29. The molecule has 0 heterocycles. The van der Waals surface area contributed by atoms with Gasteiger partial charge in [-0.05, 0) is 97.1 Å². The predicted molar refractivity (Wildman–Crippen MR) is 128 cm³/mol. The van der Waals surface area contributed by atoms with Crippen molar-refractivity contribution in [2.75, 3.05) is 0 Å². The molecule has 2 heteroatoms. The van der Waals surface area contributed by atoms with E-state index in [9.17, 15) is 5.11 Å². The number of aliphatic hydroxyl groups excluding tert-OH is 1. The number of halogens is 1. The molecule has 3 aliphatic carbocycles. The van der Waals surface area contributed by atoms with Gasteiger partial charge >= 0.3 is 0 Å². The molecule has 0 spiro atoms. The van der Waals surface area contributed by atoms with Crippen LogP contribution >= 0.6 is 11.6 Å². The standard InChI is InChI=1S/C28H39ClO/c1-19-14-16-28(4,22(18-19)7-5-6-21-9-11-23(29)12-10-21)25-15-17-27(3)20(2)8-13-24(27)26(25)30/h5-6,9-12,19,22,24-26,30H,2,7-8,13-18H2,1,3-4H3/b6-5-/t19-,22-,24?,25?,26?,27+,28-/m0/s1. The highest BCUT2D eigenvalue weighted by Gasteiger charge is 2.56. The van der Waals surface area contributed by atoms with Crippen LogP contribution in [0.25, 0.3) is 6.08 Å². The van der Waals surface area contributed by atoms with Crippen molar-refractivity contribution < 1.29 is 5.11 Å². The molecule has 1 aromatic carbocycles. The van der Waals surface area contributed by atoms with Crippen LogP contribution in [0.3, 0.4) is 0 Å². The number of aliphatic hydroxyl groups is 1. The van der Waals surface area contributed by atoms with E-state index in [1.165, 1.54) is 36.8 Å². The summed E-state index contributed by atoms with van der Waals surface area (Å²) in [6.45, 7) is 11.6. The topological polar surface area (TPSA) is 20.2 Å². The monoisotopic (exact) mass is 426 g/mol. The smallest absolute Gasteiger partial charge is 0.0610 e. The number of hydrogen-bond acceptors (Lipinski definition) is 1. The van der Waals surface area contributed by atoms with E-state index in [0.29, 0.717) is 17.8 Å². The first-order chi connectivity index (χ1) is 14.2. The van der Waals surface area contributed by atoms with Crippen molar-refractivity contribution >= 4 is 17.7 Å².